The fourth-order valence-corrected chi connectivity index (χ4v) is 6.68. The Kier molecular flexibility index (Phi) is 40.9. The minimum atomic E-state index is -0.844. The van der Waals surface area contributed by atoms with Gasteiger partial charge in [-0.15, -0.1) is 0 Å². The summed E-state index contributed by atoms with van der Waals surface area (Å²) in [7, 11) is 0. The second-order valence-electron chi connectivity index (χ2n) is 15.1. The van der Waals surface area contributed by atoms with Crippen molar-refractivity contribution >= 4 is 5.91 Å². The van der Waals surface area contributed by atoms with Gasteiger partial charge >= 0.3 is 0 Å². The molecule has 0 saturated carbocycles. The lowest BCUT2D eigenvalue weighted by atomic mass is 10.0. The van der Waals surface area contributed by atoms with Crippen molar-refractivity contribution in [2.24, 2.45) is 0 Å². The molecular weight excluding hydrogens is 615 g/mol. The molecule has 0 aromatic carbocycles. The van der Waals surface area contributed by atoms with Gasteiger partial charge in [-0.25, -0.2) is 0 Å². The zero-order chi connectivity index (χ0) is 36.4. The van der Waals surface area contributed by atoms with Gasteiger partial charge in [-0.05, 0) is 51.4 Å². The lowest BCUT2D eigenvalue weighted by Gasteiger charge is -2.20. The van der Waals surface area contributed by atoms with Crippen molar-refractivity contribution in [3.8, 4) is 0 Å². The third kappa shape index (κ3) is 37.9. The van der Waals surface area contributed by atoms with E-state index in [9.17, 15) is 15.0 Å². The van der Waals surface area contributed by atoms with Crippen LogP contribution in [0.1, 0.15) is 232 Å². The number of hydrogen-bond acceptors (Lipinski definition) is 3. The molecule has 0 aliphatic heterocycles. The minimum Gasteiger partial charge on any atom is -0.394 e. The number of nitrogens with one attached hydrogen (secondary N) is 1. The van der Waals surface area contributed by atoms with E-state index in [0.29, 0.717) is 6.42 Å². The zero-order valence-electron chi connectivity index (χ0n) is 33.7. The highest BCUT2D eigenvalue weighted by Gasteiger charge is 2.17. The monoisotopic (exact) mass is 702 g/mol. The minimum absolute atomic E-state index is 0.0773. The SMILES string of the molecule is CCCCC/C=C\C/C=C\CCCCCCCC(=O)NC(CO)C(O)/C=C/CCCCCCCCCCCCCCCCCCCCCCC. The van der Waals surface area contributed by atoms with Crippen molar-refractivity contribution in [2.75, 3.05) is 6.61 Å². The molecule has 4 nitrogen and oxygen atoms in total. The molecule has 0 aromatic rings. The van der Waals surface area contributed by atoms with Gasteiger partial charge in [-0.1, -0.05) is 211 Å². The number of rotatable bonds is 40. The van der Waals surface area contributed by atoms with Crippen LogP contribution in [0.3, 0.4) is 0 Å². The maximum Gasteiger partial charge on any atom is 0.220 e. The second kappa shape index (κ2) is 42.0. The molecule has 50 heavy (non-hydrogen) atoms. The second-order valence-corrected chi connectivity index (χ2v) is 15.1. The molecule has 3 N–H and O–H groups in total. The van der Waals surface area contributed by atoms with Gasteiger partial charge in [0.2, 0.25) is 5.91 Å². The summed E-state index contributed by atoms with van der Waals surface area (Å²) in [6, 6.07) is -0.628. The van der Waals surface area contributed by atoms with Crippen molar-refractivity contribution < 1.29 is 15.0 Å². The van der Waals surface area contributed by atoms with E-state index >= 15 is 0 Å². The normalized spacial score (nSPS) is 13.3. The maximum absolute atomic E-state index is 12.4. The largest absolute Gasteiger partial charge is 0.394 e. The van der Waals surface area contributed by atoms with Crippen molar-refractivity contribution in [1.29, 1.82) is 0 Å². The molecular formula is C46H87NO3. The molecule has 0 aromatic heterocycles. The highest BCUT2D eigenvalue weighted by atomic mass is 16.3. The predicted molar refractivity (Wildman–Crippen MR) is 221 cm³/mol. The molecule has 0 rings (SSSR count). The highest BCUT2D eigenvalue weighted by molar-refractivity contribution is 5.76. The molecule has 0 heterocycles. The number of aliphatic hydroxyl groups is 2. The first-order valence-electron chi connectivity index (χ1n) is 22.2. The number of unbranched alkanes of at least 4 members (excludes halogenated alkanes) is 29. The molecule has 1 amide bonds. The maximum atomic E-state index is 12.4. The van der Waals surface area contributed by atoms with Crippen LogP contribution in [-0.2, 0) is 4.79 Å². The topological polar surface area (TPSA) is 69.6 Å². The summed E-state index contributed by atoms with van der Waals surface area (Å²) in [4.78, 5) is 12.4. The highest BCUT2D eigenvalue weighted by Crippen LogP contribution is 2.16. The van der Waals surface area contributed by atoms with E-state index in [1.165, 1.54) is 167 Å². The molecule has 0 aliphatic carbocycles. The standard InChI is InChI=1S/C46H87NO3/c1-3-5-7-9-11-13-15-17-19-20-21-22-23-24-25-26-28-29-31-33-35-37-39-41-45(49)44(43-48)47-46(50)42-40-38-36-34-32-30-27-18-16-14-12-10-8-6-4-2/h12,14,18,27,39,41,44-45,48-49H,3-11,13,15-17,19-26,28-38,40,42-43H2,1-2H3,(H,47,50)/b14-12-,27-18-,41-39+. The van der Waals surface area contributed by atoms with E-state index in [-0.39, 0.29) is 12.5 Å². The first kappa shape index (κ1) is 48.6. The van der Waals surface area contributed by atoms with E-state index in [0.717, 1.165) is 44.9 Å². The zero-order valence-corrected chi connectivity index (χ0v) is 33.7. The predicted octanol–water partition coefficient (Wildman–Crippen LogP) is 13.8. The number of carbonyl (C=O) groups is 1. The van der Waals surface area contributed by atoms with Crippen LogP contribution >= 0.6 is 0 Å². The van der Waals surface area contributed by atoms with Gasteiger partial charge in [0.05, 0.1) is 18.8 Å². The molecule has 2 unspecified atom stereocenters. The first-order valence-corrected chi connectivity index (χ1v) is 22.2. The average molecular weight is 702 g/mol. The molecule has 0 spiro atoms. The summed E-state index contributed by atoms with van der Waals surface area (Å²) >= 11 is 0. The molecule has 0 saturated heterocycles. The van der Waals surface area contributed by atoms with Gasteiger partial charge in [-0.2, -0.15) is 0 Å². The number of aliphatic hydroxyl groups excluding tert-OH is 2. The fourth-order valence-electron chi connectivity index (χ4n) is 6.68. The lowest BCUT2D eigenvalue weighted by molar-refractivity contribution is -0.123. The van der Waals surface area contributed by atoms with Gasteiger partial charge in [0, 0.05) is 6.42 Å². The lowest BCUT2D eigenvalue weighted by Crippen LogP contribution is -2.45. The van der Waals surface area contributed by atoms with E-state index in [1.54, 1.807) is 6.08 Å². The summed E-state index contributed by atoms with van der Waals surface area (Å²) in [6.45, 7) is 4.28. The van der Waals surface area contributed by atoms with Gasteiger partial charge in [0.1, 0.15) is 0 Å². The van der Waals surface area contributed by atoms with Gasteiger partial charge < -0.3 is 15.5 Å². The molecule has 0 bridgehead atoms. The van der Waals surface area contributed by atoms with Gasteiger partial charge in [0.25, 0.3) is 0 Å². The third-order valence-electron chi connectivity index (χ3n) is 10.1. The Labute approximate surface area is 312 Å². The molecule has 0 radical (unpaired) electrons. The number of carbonyl (C=O) groups excluding carboxylic acids is 1. The fraction of sp³-hybridized carbons (Fsp3) is 0.848. The van der Waals surface area contributed by atoms with Crippen LogP contribution in [0, 0.1) is 0 Å². The number of hydrogen-bond donors (Lipinski definition) is 3. The summed E-state index contributed by atoms with van der Waals surface area (Å²) in [5.74, 6) is -0.0773. The smallest absolute Gasteiger partial charge is 0.220 e. The summed E-state index contributed by atoms with van der Waals surface area (Å²) in [5.41, 5.74) is 0. The van der Waals surface area contributed by atoms with E-state index < -0.39 is 12.1 Å². The van der Waals surface area contributed by atoms with Gasteiger partial charge in [0.15, 0.2) is 0 Å². The molecule has 2 atom stereocenters. The third-order valence-corrected chi connectivity index (χ3v) is 10.1. The van der Waals surface area contributed by atoms with E-state index in [4.69, 9.17) is 0 Å². The van der Waals surface area contributed by atoms with Crippen LogP contribution in [0.15, 0.2) is 36.5 Å². The van der Waals surface area contributed by atoms with Crippen molar-refractivity contribution in [1.82, 2.24) is 5.32 Å². The molecule has 294 valence electrons. The van der Waals surface area contributed by atoms with Crippen LogP contribution in [0.2, 0.25) is 0 Å². The van der Waals surface area contributed by atoms with Crippen LogP contribution in [0.4, 0.5) is 0 Å². The summed E-state index contributed by atoms with van der Waals surface area (Å²) in [5, 5.41) is 23.0. The quantitative estimate of drug-likeness (QED) is 0.0440. The number of amides is 1. The Morgan fingerprint density at radius 3 is 1.24 bits per heavy atom. The van der Waals surface area contributed by atoms with Crippen LogP contribution < -0.4 is 5.32 Å². The summed E-state index contributed by atoms with van der Waals surface area (Å²) in [6.07, 6.45) is 55.4. The molecule has 0 fully saturated rings. The van der Waals surface area contributed by atoms with Crippen molar-refractivity contribution in [3.63, 3.8) is 0 Å². The Bertz CT molecular complexity index is 760. The van der Waals surface area contributed by atoms with Crippen molar-refractivity contribution in [3.05, 3.63) is 36.5 Å². The average Bonchev–Trinajstić information content (AvgIpc) is 3.12. The molecule has 0 aliphatic rings. The van der Waals surface area contributed by atoms with E-state index in [2.05, 4.69) is 43.5 Å². The Morgan fingerprint density at radius 2 is 0.820 bits per heavy atom. The van der Waals surface area contributed by atoms with Crippen LogP contribution in [0.25, 0.3) is 0 Å². The van der Waals surface area contributed by atoms with Crippen LogP contribution in [0.5, 0.6) is 0 Å². The van der Waals surface area contributed by atoms with Crippen LogP contribution in [-0.4, -0.2) is 34.9 Å². The van der Waals surface area contributed by atoms with Crippen molar-refractivity contribution in [2.45, 2.75) is 244 Å². The first-order chi connectivity index (χ1) is 24.7. The Balaban J connectivity index is 3.56. The Morgan fingerprint density at radius 1 is 0.480 bits per heavy atom. The number of allylic oxidation sites excluding steroid dienone is 5. The summed E-state index contributed by atoms with van der Waals surface area (Å²) < 4.78 is 0. The van der Waals surface area contributed by atoms with E-state index in [1.807, 2.05) is 6.08 Å². The van der Waals surface area contributed by atoms with Gasteiger partial charge in [-0.3, -0.25) is 4.79 Å². The Hall–Kier alpha value is -1.39. The molecule has 4 heteroatoms.